The number of pyridine rings is 1. The van der Waals surface area contributed by atoms with E-state index >= 15 is 0 Å². The number of aliphatic hydroxyl groups is 1. The number of hydrogen-bond acceptors (Lipinski definition) is 4. The van der Waals surface area contributed by atoms with Crippen LogP contribution in [0.5, 0.6) is 0 Å². The number of fused-ring (bicyclic) bond motifs is 1. The van der Waals surface area contributed by atoms with Crippen LogP contribution in [0.2, 0.25) is 0 Å². The molecule has 0 bridgehead atoms. The van der Waals surface area contributed by atoms with E-state index in [1.165, 1.54) is 0 Å². The van der Waals surface area contributed by atoms with Gasteiger partial charge in [0.1, 0.15) is 17.8 Å². The van der Waals surface area contributed by atoms with E-state index in [1.807, 2.05) is 23.6 Å². The van der Waals surface area contributed by atoms with Crippen molar-refractivity contribution in [3.63, 3.8) is 0 Å². The summed E-state index contributed by atoms with van der Waals surface area (Å²) in [5.41, 5.74) is 0.571. The first-order valence-corrected chi connectivity index (χ1v) is 8.75. The number of anilines is 1. The van der Waals surface area contributed by atoms with Gasteiger partial charge < -0.3 is 5.11 Å². The van der Waals surface area contributed by atoms with E-state index in [2.05, 4.69) is 22.2 Å². The molecule has 0 aromatic carbocycles. The van der Waals surface area contributed by atoms with E-state index in [1.54, 1.807) is 6.92 Å². The molecule has 1 fully saturated rings. The number of carbonyl (C=O) groups is 1. The molecule has 1 atom stereocenters. The minimum absolute atomic E-state index is 0.140. The van der Waals surface area contributed by atoms with Crippen molar-refractivity contribution >= 4 is 23.0 Å². The van der Waals surface area contributed by atoms with Crippen LogP contribution >= 0.6 is 0 Å². The van der Waals surface area contributed by atoms with Crippen LogP contribution in [-0.4, -0.2) is 37.8 Å². The van der Waals surface area contributed by atoms with E-state index in [9.17, 15) is 14.3 Å². The minimum atomic E-state index is -1.63. The Morgan fingerprint density at radius 2 is 2.16 bits per heavy atom. The molecular weight excluding hydrogens is 323 g/mol. The Labute approximate surface area is 146 Å². The third kappa shape index (κ3) is 3.25. The fourth-order valence-corrected chi connectivity index (χ4v) is 3.29. The Morgan fingerprint density at radius 3 is 2.72 bits per heavy atom. The molecule has 2 heterocycles. The SMILES string of the molecule is CCC(O)(CF)CC(=O)Nc1nc2ccc(C)nc2n1C1(C)CCC1. The van der Waals surface area contributed by atoms with Gasteiger partial charge in [0.05, 0.1) is 6.42 Å². The number of imidazole rings is 1. The first-order valence-electron chi connectivity index (χ1n) is 8.75. The lowest BCUT2D eigenvalue weighted by atomic mass is 9.78. The van der Waals surface area contributed by atoms with Crippen molar-refractivity contribution in [2.75, 3.05) is 12.0 Å². The highest BCUT2D eigenvalue weighted by Gasteiger charge is 2.38. The second kappa shape index (κ2) is 6.37. The van der Waals surface area contributed by atoms with Gasteiger partial charge in [0.25, 0.3) is 0 Å². The molecule has 7 heteroatoms. The molecule has 2 aromatic heterocycles. The first kappa shape index (κ1) is 17.8. The van der Waals surface area contributed by atoms with Crippen molar-refractivity contribution in [1.29, 1.82) is 0 Å². The summed E-state index contributed by atoms with van der Waals surface area (Å²) >= 11 is 0. The monoisotopic (exact) mass is 348 g/mol. The van der Waals surface area contributed by atoms with Crippen LogP contribution in [0.3, 0.4) is 0 Å². The Hall–Kier alpha value is -2.02. The average molecular weight is 348 g/mol. The van der Waals surface area contributed by atoms with Gasteiger partial charge in [-0.05, 0) is 51.7 Å². The summed E-state index contributed by atoms with van der Waals surface area (Å²) < 4.78 is 15.0. The molecule has 25 heavy (non-hydrogen) atoms. The molecule has 1 aliphatic rings. The van der Waals surface area contributed by atoms with Crippen molar-refractivity contribution in [2.24, 2.45) is 0 Å². The lowest BCUT2D eigenvalue weighted by molar-refractivity contribution is -0.122. The number of aromatic nitrogens is 3. The Balaban J connectivity index is 1.96. The van der Waals surface area contributed by atoms with Crippen LogP contribution in [0, 0.1) is 6.92 Å². The van der Waals surface area contributed by atoms with Gasteiger partial charge in [-0.3, -0.25) is 14.7 Å². The predicted molar refractivity (Wildman–Crippen MR) is 94.2 cm³/mol. The number of rotatable bonds is 6. The fraction of sp³-hybridized carbons (Fsp3) is 0.611. The van der Waals surface area contributed by atoms with Crippen LogP contribution in [0.4, 0.5) is 10.3 Å². The third-order valence-corrected chi connectivity index (χ3v) is 5.26. The lowest BCUT2D eigenvalue weighted by Crippen LogP contribution is -2.40. The summed E-state index contributed by atoms with van der Waals surface area (Å²) in [7, 11) is 0. The zero-order valence-electron chi connectivity index (χ0n) is 15.0. The van der Waals surface area contributed by atoms with Crippen LogP contribution in [0.25, 0.3) is 11.2 Å². The molecule has 0 spiro atoms. The van der Waals surface area contributed by atoms with Gasteiger partial charge in [-0.15, -0.1) is 0 Å². The van der Waals surface area contributed by atoms with Gasteiger partial charge in [-0.1, -0.05) is 6.92 Å². The molecule has 6 nitrogen and oxygen atoms in total. The average Bonchev–Trinajstić information content (AvgIpc) is 2.89. The van der Waals surface area contributed by atoms with E-state index in [0.717, 1.165) is 30.6 Å². The summed E-state index contributed by atoms with van der Waals surface area (Å²) in [6, 6.07) is 3.77. The molecule has 136 valence electrons. The maximum atomic E-state index is 13.0. The predicted octanol–water partition coefficient (Wildman–Crippen LogP) is 3.08. The summed E-state index contributed by atoms with van der Waals surface area (Å²) in [5, 5.41) is 12.8. The quantitative estimate of drug-likeness (QED) is 0.841. The highest BCUT2D eigenvalue weighted by molar-refractivity contribution is 5.91. The summed E-state index contributed by atoms with van der Waals surface area (Å²) in [4.78, 5) is 21.5. The molecule has 3 rings (SSSR count). The van der Waals surface area contributed by atoms with Gasteiger partial charge in [-0.25, -0.2) is 14.4 Å². The zero-order chi connectivity index (χ0) is 18.2. The summed E-state index contributed by atoms with van der Waals surface area (Å²) in [6.45, 7) is 4.75. The Morgan fingerprint density at radius 1 is 1.44 bits per heavy atom. The second-order valence-electron chi connectivity index (χ2n) is 7.35. The lowest BCUT2D eigenvalue weighted by Gasteiger charge is -2.40. The van der Waals surface area contributed by atoms with Gasteiger partial charge >= 0.3 is 0 Å². The largest absolute Gasteiger partial charge is 0.387 e. The molecule has 1 saturated carbocycles. The fourth-order valence-electron chi connectivity index (χ4n) is 3.29. The van der Waals surface area contributed by atoms with Crippen LogP contribution in [-0.2, 0) is 10.3 Å². The van der Waals surface area contributed by atoms with Gasteiger partial charge in [0.15, 0.2) is 5.65 Å². The van der Waals surface area contributed by atoms with E-state index < -0.39 is 18.2 Å². The highest BCUT2D eigenvalue weighted by atomic mass is 19.1. The van der Waals surface area contributed by atoms with E-state index in [0.29, 0.717) is 11.5 Å². The van der Waals surface area contributed by atoms with Crippen molar-refractivity contribution in [3.8, 4) is 0 Å². The van der Waals surface area contributed by atoms with Crippen molar-refractivity contribution in [2.45, 2.75) is 64.0 Å². The smallest absolute Gasteiger partial charge is 0.229 e. The van der Waals surface area contributed by atoms with Crippen LogP contribution in [0.15, 0.2) is 12.1 Å². The third-order valence-electron chi connectivity index (χ3n) is 5.26. The number of hydrogen-bond donors (Lipinski definition) is 2. The zero-order valence-corrected chi connectivity index (χ0v) is 15.0. The second-order valence-corrected chi connectivity index (χ2v) is 7.35. The van der Waals surface area contributed by atoms with Crippen LogP contribution in [0.1, 0.15) is 51.6 Å². The number of carbonyl (C=O) groups excluding carboxylic acids is 1. The minimum Gasteiger partial charge on any atom is -0.387 e. The van der Waals surface area contributed by atoms with Gasteiger partial charge in [-0.2, -0.15) is 0 Å². The summed E-state index contributed by atoms with van der Waals surface area (Å²) in [6.07, 6.45) is 2.96. The maximum Gasteiger partial charge on any atom is 0.229 e. The number of alkyl halides is 1. The molecule has 0 radical (unpaired) electrons. The molecule has 2 aromatic rings. The topological polar surface area (TPSA) is 80.0 Å². The molecule has 0 aliphatic heterocycles. The highest BCUT2D eigenvalue weighted by Crippen LogP contribution is 2.42. The summed E-state index contributed by atoms with van der Waals surface area (Å²) in [5.74, 6) is -0.0317. The van der Waals surface area contributed by atoms with E-state index in [-0.39, 0.29) is 18.4 Å². The number of halogens is 1. The molecular formula is C18H25FN4O2. The first-order chi connectivity index (χ1) is 11.8. The van der Waals surface area contributed by atoms with Gasteiger partial charge in [0, 0.05) is 11.2 Å². The number of aryl methyl sites for hydroxylation is 1. The maximum absolute atomic E-state index is 13.0. The van der Waals surface area contributed by atoms with Crippen molar-refractivity contribution in [3.05, 3.63) is 17.8 Å². The molecule has 1 amide bonds. The van der Waals surface area contributed by atoms with Crippen molar-refractivity contribution < 1.29 is 14.3 Å². The molecule has 2 N–H and O–H groups in total. The Kier molecular flexibility index (Phi) is 4.53. The van der Waals surface area contributed by atoms with Crippen molar-refractivity contribution in [1.82, 2.24) is 14.5 Å². The van der Waals surface area contributed by atoms with E-state index in [4.69, 9.17) is 0 Å². The standard InChI is InChI=1S/C18H25FN4O2/c1-4-18(25,11-19)10-14(24)22-16-21-13-7-6-12(2)20-15(13)23(16)17(3)8-5-9-17/h6-7,25H,4-5,8-11H2,1-3H3,(H,21,22,24). The number of amides is 1. The number of nitrogens with one attached hydrogen (secondary N) is 1. The number of nitrogens with zero attached hydrogens (tertiary/aromatic N) is 3. The molecule has 0 saturated heterocycles. The molecule has 1 unspecified atom stereocenters. The Bertz CT molecular complexity index is 794. The van der Waals surface area contributed by atoms with Crippen LogP contribution < -0.4 is 5.32 Å². The molecule has 1 aliphatic carbocycles. The normalized spacial score (nSPS) is 18.6. The van der Waals surface area contributed by atoms with Gasteiger partial charge in [0.2, 0.25) is 11.9 Å².